The number of hydrogen-bond acceptors (Lipinski definition) is 5. The lowest BCUT2D eigenvalue weighted by Gasteiger charge is -2.11. The molecule has 0 aliphatic rings. The number of benzene rings is 1. The van der Waals surface area contributed by atoms with E-state index >= 15 is 0 Å². The SMILES string of the molecule is CCCNC(=O)NC(=O)COC(=O)[C@@H](C)Sc1ccc(Cl)cc1. The number of carbonyl (C=O) groups is 3. The van der Waals surface area contributed by atoms with Gasteiger partial charge in [0.2, 0.25) is 0 Å². The second-order valence-corrected chi connectivity index (χ2v) is 6.48. The highest BCUT2D eigenvalue weighted by molar-refractivity contribution is 8.00. The van der Waals surface area contributed by atoms with E-state index in [1.807, 2.05) is 6.92 Å². The molecule has 1 aromatic rings. The number of halogens is 1. The van der Waals surface area contributed by atoms with Crippen LogP contribution in [0.3, 0.4) is 0 Å². The fourth-order valence-corrected chi connectivity index (χ4v) is 2.46. The summed E-state index contributed by atoms with van der Waals surface area (Å²) in [4.78, 5) is 35.4. The average molecular weight is 359 g/mol. The van der Waals surface area contributed by atoms with E-state index in [9.17, 15) is 14.4 Å². The molecular weight excluding hydrogens is 340 g/mol. The van der Waals surface area contributed by atoms with Crippen LogP contribution in [-0.4, -0.2) is 36.3 Å². The largest absolute Gasteiger partial charge is 0.455 e. The Bertz CT molecular complexity index is 551. The van der Waals surface area contributed by atoms with E-state index in [4.69, 9.17) is 16.3 Å². The normalized spacial score (nSPS) is 11.4. The van der Waals surface area contributed by atoms with Crippen molar-refractivity contribution in [3.63, 3.8) is 0 Å². The molecule has 0 unspecified atom stereocenters. The van der Waals surface area contributed by atoms with Crippen LogP contribution in [0, 0.1) is 0 Å². The zero-order valence-electron chi connectivity index (χ0n) is 12.9. The minimum absolute atomic E-state index is 0.466. The Hall–Kier alpha value is -1.73. The first-order chi connectivity index (χ1) is 10.9. The van der Waals surface area contributed by atoms with E-state index in [0.29, 0.717) is 11.6 Å². The van der Waals surface area contributed by atoms with E-state index in [-0.39, 0.29) is 0 Å². The predicted molar refractivity (Wildman–Crippen MR) is 89.6 cm³/mol. The van der Waals surface area contributed by atoms with Gasteiger partial charge in [0, 0.05) is 16.5 Å². The highest BCUT2D eigenvalue weighted by Crippen LogP contribution is 2.25. The summed E-state index contributed by atoms with van der Waals surface area (Å²) in [6, 6.07) is 6.44. The second-order valence-electron chi connectivity index (χ2n) is 4.63. The average Bonchev–Trinajstić information content (AvgIpc) is 2.52. The van der Waals surface area contributed by atoms with E-state index in [1.54, 1.807) is 31.2 Å². The summed E-state index contributed by atoms with van der Waals surface area (Å²) in [7, 11) is 0. The van der Waals surface area contributed by atoms with Gasteiger partial charge in [0.05, 0.1) is 0 Å². The van der Waals surface area contributed by atoms with Crippen LogP contribution >= 0.6 is 23.4 Å². The fourth-order valence-electron chi connectivity index (χ4n) is 1.46. The molecule has 0 heterocycles. The third kappa shape index (κ3) is 7.90. The Kier molecular flexibility index (Phi) is 8.50. The van der Waals surface area contributed by atoms with Crippen molar-refractivity contribution >= 4 is 41.3 Å². The molecule has 0 bridgehead atoms. The zero-order valence-corrected chi connectivity index (χ0v) is 14.5. The molecule has 3 amide bonds. The van der Waals surface area contributed by atoms with E-state index < -0.39 is 29.8 Å². The molecule has 1 rings (SSSR count). The molecule has 126 valence electrons. The summed E-state index contributed by atoms with van der Waals surface area (Å²) in [5.74, 6) is -1.20. The number of rotatable bonds is 7. The van der Waals surface area contributed by atoms with Crippen molar-refractivity contribution in [2.24, 2.45) is 0 Å². The van der Waals surface area contributed by atoms with Crippen molar-refractivity contribution in [1.29, 1.82) is 0 Å². The fraction of sp³-hybridized carbons (Fsp3) is 0.400. The Morgan fingerprint density at radius 1 is 1.26 bits per heavy atom. The van der Waals surface area contributed by atoms with Crippen LogP contribution in [0.5, 0.6) is 0 Å². The molecule has 1 aromatic carbocycles. The highest BCUT2D eigenvalue weighted by Gasteiger charge is 2.18. The Labute approximate surface area is 144 Å². The molecule has 1 atom stereocenters. The first-order valence-electron chi connectivity index (χ1n) is 7.09. The monoisotopic (exact) mass is 358 g/mol. The molecule has 0 aliphatic heterocycles. The van der Waals surface area contributed by atoms with Crippen molar-refractivity contribution < 1.29 is 19.1 Å². The maximum absolute atomic E-state index is 11.8. The lowest BCUT2D eigenvalue weighted by atomic mass is 10.4. The van der Waals surface area contributed by atoms with Gasteiger partial charge in [-0.1, -0.05) is 18.5 Å². The zero-order chi connectivity index (χ0) is 17.2. The molecule has 0 aromatic heterocycles. The molecule has 0 saturated heterocycles. The van der Waals surface area contributed by atoms with Gasteiger partial charge in [-0.3, -0.25) is 14.9 Å². The van der Waals surface area contributed by atoms with Gasteiger partial charge in [0.25, 0.3) is 5.91 Å². The number of ether oxygens (including phenoxy) is 1. The maximum Gasteiger partial charge on any atom is 0.321 e. The maximum atomic E-state index is 11.8. The third-order valence-electron chi connectivity index (χ3n) is 2.59. The van der Waals surface area contributed by atoms with Crippen LogP contribution in [-0.2, 0) is 14.3 Å². The number of hydrogen-bond donors (Lipinski definition) is 2. The molecule has 0 fully saturated rings. The van der Waals surface area contributed by atoms with Crippen LogP contribution in [0.2, 0.25) is 5.02 Å². The molecule has 0 aliphatic carbocycles. The minimum Gasteiger partial charge on any atom is -0.455 e. The van der Waals surface area contributed by atoms with Gasteiger partial charge in [-0.05, 0) is 37.6 Å². The molecule has 2 N–H and O–H groups in total. The number of imide groups is 1. The van der Waals surface area contributed by atoms with E-state index in [2.05, 4.69) is 10.6 Å². The van der Waals surface area contributed by atoms with Crippen molar-refractivity contribution in [3.8, 4) is 0 Å². The highest BCUT2D eigenvalue weighted by atomic mass is 35.5. The predicted octanol–water partition coefficient (Wildman–Crippen LogP) is 2.60. The van der Waals surface area contributed by atoms with Crippen LogP contribution in [0.25, 0.3) is 0 Å². The number of nitrogens with one attached hydrogen (secondary N) is 2. The van der Waals surface area contributed by atoms with E-state index in [1.165, 1.54) is 11.8 Å². The molecule has 6 nitrogen and oxygen atoms in total. The van der Waals surface area contributed by atoms with Crippen molar-refractivity contribution in [2.75, 3.05) is 13.2 Å². The van der Waals surface area contributed by atoms with Crippen LogP contribution in [0.4, 0.5) is 4.79 Å². The summed E-state index contributed by atoms with van der Waals surface area (Å²) in [6.07, 6.45) is 0.760. The van der Waals surface area contributed by atoms with Gasteiger partial charge in [0.1, 0.15) is 5.25 Å². The standard InChI is InChI=1S/C15H19ClN2O4S/c1-3-8-17-15(21)18-13(19)9-22-14(20)10(2)23-12-6-4-11(16)5-7-12/h4-7,10H,3,8-9H2,1-2H3,(H2,17,18,19,21)/t10-/m1/s1. The number of amides is 3. The summed E-state index contributed by atoms with van der Waals surface area (Å²) in [5.41, 5.74) is 0. The molecule has 0 spiro atoms. The van der Waals surface area contributed by atoms with Crippen molar-refractivity contribution in [3.05, 3.63) is 29.3 Å². The van der Waals surface area contributed by atoms with Gasteiger partial charge in [-0.2, -0.15) is 0 Å². The lowest BCUT2D eigenvalue weighted by molar-refractivity contribution is -0.147. The van der Waals surface area contributed by atoms with Crippen LogP contribution in [0.15, 0.2) is 29.2 Å². The summed E-state index contributed by atoms with van der Waals surface area (Å²) < 4.78 is 4.89. The minimum atomic E-state index is -0.671. The van der Waals surface area contributed by atoms with Gasteiger partial charge in [-0.25, -0.2) is 4.79 Å². The molecule has 8 heteroatoms. The summed E-state index contributed by atoms with van der Waals surface area (Å²) in [6.45, 7) is 3.54. The Morgan fingerprint density at radius 3 is 2.52 bits per heavy atom. The third-order valence-corrected chi connectivity index (χ3v) is 3.93. The molecule has 0 radical (unpaired) electrons. The van der Waals surface area contributed by atoms with Gasteiger partial charge >= 0.3 is 12.0 Å². The number of esters is 1. The van der Waals surface area contributed by atoms with Gasteiger partial charge in [0.15, 0.2) is 6.61 Å². The Balaban J connectivity index is 2.33. The molecular formula is C15H19ClN2O4S. The second kappa shape index (κ2) is 10.1. The van der Waals surface area contributed by atoms with Crippen molar-refractivity contribution in [2.45, 2.75) is 30.4 Å². The number of carbonyl (C=O) groups excluding carboxylic acids is 3. The van der Waals surface area contributed by atoms with E-state index in [0.717, 1.165) is 11.3 Å². The first kappa shape index (κ1) is 19.3. The van der Waals surface area contributed by atoms with Crippen molar-refractivity contribution in [1.82, 2.24) is 10.6 Å². The smallest absolute Gasteiger partial charge is 0.321 e. The van der Waals surface area contributed by atoms with Crippen LogP contribution < -0.4 is 10.6 Å². The van der Waals surface area contributed by atoms with Gasteiger partial charge < -0.3 is 10.1 Å². The van der Waals surface area contributed by atoms with Crippen LogP contribution in [0.1, 0.15) is 20.3 Å². The summed E-state index contributed by atoms with van der Waals surface area (Å²) >= 11 is 7.08. The topological polar surface area (TPSA) is 84.5 Å². The number of urea groups is 1. The molecule has 23 heavy (non-hydrogen) atoms. The lowest BCUT2D eigenvalue weighted by Crippen LogP contribution is -2.41. The molecule has 0 saturated carbocycles. The quantitative estimate of drug-likeness (QED) is 0.578. The number of thioether (sulfide) groups is 1. The Morgan fingerprint density at radius 2 is 1.91 bits per heavy atom. The summed E-state index contributed by atoms with van der Waals surface area (Å²) in [5, 5.41) is 4.69. The first-order valence-corrected chi connectivity index (χ1v) is 8.34. The van der Waals surface area contributed by atoms with Gasteiger partial charge in [-0.15, -0.1) is 11.8 Å².